The van der Waals surface area contributed by atoms with Crippen molar-refractivity contribution >= 4 is 34.2 Å². The zero-order valence-electron chi connectivity index (χ0n) is 10.1. The largest absolute Gasteiger partial charge is 0.373 e. The Morgan fingerprint density at radius 1 is 1.35 bits per heavy atom. The molecule has 0 aliphatic carbocycles. The fourth-order valence-electron chi connectivity index (χ4n) is 1.31. The van der Waals surface area contributed by atoms with E-state index in [1.165, 1.54) is 12.1 Å². The highest BCUT2D eigenvalue weighted by Gasteiger charge is 2.14. The molecule has 94 valence electrons. The number of anilines is 1. The maximum absolute atomic E-state index is 12.9. The second-order valence-corrected chi connectivity index (χ2v) is 5.32. The molecule has 0 fully saturated rings. The zero-order chi connectivity index (χ0) is 13.0. The lowest BCUT2D eigenvalue weighted by Gasteiger charge is -2.17. The van der Waals surface area contributed by atoms with Gasteiger partial charge in [-0.15, -0.1) is 0 Å². The fraction of sp³-hybridized carbons (Fsp3) is 0.417. The molecular weight excluding hydrogens is 334 g/mol. The molecule has 5 heteroatoms. The van der Waals surface area contributed by atoms with E-state index in [-0.39, 0.29) is 23.8 Å². The Bertz CT molecular complexity index is 409. The van der Waals surface area contributed by atoms with Crippen LogP contribution < -0.4 is 10.6 Å². The highest BCUT2D eigenvalue weighted by molar-refractivity contribution is 14.1. The van der Waals surface area contributed by atoms with Crippen LogP contribution in [0.2, 0.25) is 0 Å². The number of amides is 1. The smallest absolute Gasteiger partial charge is 0.242 e. The predicted octanol–water partition coefficient (Wildman–Crippen LogP) is 2.76. The molecule has 0 heterocycles. The summed E-state index contributed by atoms with van der Waals surface area (Å²) in [5.41, 5.74) is 0.762. The Morgan fingerprint density at radius 2 is 2.00 bits per heavy atom. The molecule has 17 heavy (non-hydrogen) atoms. The Labute approximate surface area is 114 Å². The van der Waals surface area contributed by atoms with Crippen molar-refractivity contribution in [2.75, 3.05) is 5.32 Å². The summed E-state index contributed by atoms with van der Waals surface area (Å²) in [6.07, 6.45) is 0. The highest BCUT2D eigenvalue weighted by atomic mass is 127. The highest BCUT2D eigenvalue weighted by Crippen LogP contribution is 2.19. The molecular formula is C12H16FIN2O. The van der Waals surface area contributed by atoms with Gasteiger partial charge in [0, 0.05) is 15.3 Å². The van der Waals surface area contributed by atoms with E-state index < -0.39 is 0 Å². The number of hydrogen-bond donors (Lipinski definition) is 2. The standard InChI is InChI=1S/C12H16FIN2O/c1-7(2)15-12(17)8(3)16-11-5-4-9(13)6-10(11)14/h4-8,16H,1-3H3,(H,15,17). The number of rotatable bonds is 4. The van der Waals surface area contributed by atoms with Gasteiger partial charge in [-0.25, -0.2) is 4.39 Å². The van der Waals surface area contributed by atoms with Crippen LogP contribution >= 0.6 is 22.6 Å². The van der Waals surface area contributed by atoms with Gasteiger partial charge in [-0.2, -0.15) is 0 Å². The number of carbonyl (C=O) groups is 1. The molecule has 0 spiro atoms. The van der Waals surface area contributed by atoms with Crippen LogP contribution in [0.1, 0.15) is 20.8 Å². The van der Waals surface area contributed by atoms with Gasteiger partial charge in [0.2, 0.25) is 5.91 Å². The summed E-state index contributed by atoms with van der Waals surface area (Å²) in [6, 6.07) is 4.19. The van der Waals surface area contributed by atoms with Crippen LogP contribution in [0.25, 0.3) is 0 Å². The van der Waals surface area contributed by atoms with Gasteiger partial charge in [-0.05, 0) is 61.6 Å². The average molecular weight is 350 g/mol. The van der Waals surface area contributed by atoms with E-state index in [0.717, 1.165) is 9.26 Å². The maximum atomic E-state index is 12.9. The summed E-state index contributed by atoms with van der Waals surface area (Å²) < 4.78 is 13.7. The molecule has 1 amide bonds. The molecule has 1 unspecified atom stereocenters. The van der Waals surface area contributed by atoms with Crippen molar-refractivity contribution in [3.63, 3.8) is 0 Å². The molecule has 0 bridgehead atoms. The van der Waals surface area contributed by atoms with Gasteiger partial charge in [0.1, 0.15) is 11.9 Å². The third-order valence-corrected chi connectivity index (χ3v) is 3.02. The molecule has 0 aliphatic heterocycles. The average Bonchev–Trinajstić information content (AvgIpc) is 2.21. The van der Waals surface area contributed by atoms with Crippen molar-refractivity contribution in [2.24, 2.45) is 0 Å². The Hall–Kier alpha value is -0.850. The second-order valence-electron chi connectivity index (χ2n) is 4.15. The molecule has 1 aromatic rings. The topological polar surface area (TPSA) is 41.1 Å². The van der Waals surface area contributed by atoms with Gasteiger partial charge in [0.05, 0.1) is 0 Å². The summed E-state index contributed by atoms with van der Waals surface area (Å²) in [5.74, 6) is -0.348. The van der Waals surface area contributed by atoms with E-state index in [9.17, 15) is 9.18 Å². The van der Waals surface area contributed by atoms with E-state index in [0.29, 0.717) is 0 Å². The van der Waals surface area contributed by atoms with Crippen LogP contribution in [0.4, 0.5) is 10.1 Å². The zero-order valence-corrected chi connectivity index (χ0v) is 12.2. The van der Waals surface area contributed by atoms with Crippen LogP contribution in [0.5, 0.6) is 0 Å². The van der Waals surface area contributed by atoms with Gasteiger partial charge < -0.3 is 10.6 Å². The fourth-order valence-corrected chi connectivity index (χ4v) is 1.95. The number of nitrogens with one attached hydrogen (secondary N) is 2. The van der Waals surface area contributed by atoms with Gasteiger partial charge in [0.25, 0.3) is 0 Å². The lowest BCUT2D eigenvalue weighted by Crippen LogP contribution is -2.41. The van der Waals surface area contributed by atoms with Gasteiger partial charge in [-0.1, -0.05) is 0 Å². The molecule has 0 aromatic heterocycles. The summed E-state index contributed by atoms with van der Waals surface area (Å²) in [5, 5.41) is 5.87. The lowest BCUT2D eigenvalue weighted by atomic mass is 10.2. The first-order chi connectivity index (χ1) is 7.90. The quantitative estimate of drug-likeness (QED) is 0.820. The second kappa shape index (κ2) is 6.18. The Balaban J connectivity index is 2.67. The minimum absolute atomic E-state index is 0.0693. The van der Waals surface area contributed by atoms with Crippen molar-refractivity contribution in [1.29, 1.82) is 0 Å². The summed E-state index contributed by atoms with van der Waals surface area (Å²) in [6.45, 7) is 5.59. The number of hydrogen-bond acceptors (Lipinski definition) is 2. The molecule has 0 saturated carbocycles. The third kappa shape index (κ3) is 4.49. The monoisotopic (exact) mass is 350 g/mol. The minimum Gasteiger partial charge on any atom is -0.373 e. The van der Waals surface area contributed by atoms with E-state index >= 15 is 0 Å². The van der Waals surface area contributed by atoms with Crippen LogP contribution in [0.15, 0.2) is 18.2 Å². The molecule has 2 N–H and O–H groups in total. The first-order valence-corrected chi connectivity index (χ1v) is 6.50. The maximum Gasteiger partial charge on any atom is 0.242 e. The van der Waals surface area contributed by atoms with Crippen LogP contribution in [-0.4, -0.2) is 18.0 Å². The summed E-state index contributed by atoms with van der Waals surface area (Å²) in [7, 11) is 0. The van der Waals surface area contributed by atoms with E-state index in [4.69, 9.17) is 0 Å². The van der Waals surface area contributed by atoms with Crippen molar-refractivity contribution in [2.45, 2.75) is 32.9 Å². The molecule has 1 aromatic carbocycles. The van der Waals surface area contributed by atoms with Crippen LogP contribution in [0, 0.1) is 9.39 Å². The SMILES string of the molecule is CC(C)NC(=O)C(C)Nc1ccc(F)cc1I. The summed E-state index contributed by atoms with van der Waals surface area (Å²) in [4.78, 5) is 11.7. The van der Waals surface area contributed by atoms with Crippen molar-refractivity contribution in [1.82, 2.24) is 5.32 Å². The molecule has 1 rings (SSSR count). The first kappa shape index (κ1) is 14.2. The lowest BCUT2D eigenvalue weighted by molar-refractivity contribution is -0.122. The van der Waals surface area contributed by atoms with E-state index in [1.807, 2.05) is 36.4 Å². The first-order valence-electron chi connectivity index (χ1n) is 5.42. The van der Waals surface area contributed by atoms with Crippen LogP contribution in [0.3, 0.4) is 0 Å². The minimum atomic E-state index is -0.351. The predicted molar refractivity (Wildman–Crippen MR) is 75.5 cm³/mol. The molecule has 3 nitrogen and oxygen atoms in total. The molecule has 0 saturated heterocycles. The van der Waals surface area contributed by atoms with Crippen molar-refractivity contribution in [3.05, 3.63) is 27.6 Å². The summed E-state index contributed by atoms with van der Waals surface area (Å²) >= 11 is 2.03. The van der Waals surface area contributed by atoms with E-state index in [2.05, 4.69) is 10.6 Å². The normalized spacial score (nSPS) is 12.4. The van der Waals surface area contributed by atoms with E-state index in [1.54, 1.807) is 13.0 Å². The Kier molecular flexibility index (Phi) is 5.17. The number of halogens is 2. The molecule has 1 atom stereocenters. The van der Waals surface area contributed by atoms with Gasteiger partial charge in [-0.3, -0.25) is 4.79 Å². The van der Waals surface area contributed by atoms with Gasteiger partial charge in [0.15, 0.2) is 0 Å². The van der Waals surface area contributed by atoms with Crippen molar-refractivity contribution < 1.29 is 9.18 Å². The number of benzene rings is 1. The van der Waals surface area contributed by atoms with Crippen LogP contribution in [-0.2, 0) is 4.79 Å². The Morgan fingerprint density at radius 3 is 2.53 bits per heavy atom. The number of carbonyl (C=O) groups excluding carboxylic acids is 1. The molecule has 0 radical (unpaired) electrons. The van der Waals surface area contributed by atoms with Gasteiger partial charge >= 0.3 is 0 Å². The third-order valence-electron chi connectivity index (χ3n) is 2.13. The van der Waals surface area contributed by atoms with Crippen molar-refractivity contribution in [3.8, 4) is 0 Å². The molecule has 0 aliphatic rings.